The van der Waals surface area contributed by atoms with Gasteiger partial charge < -0.3 is 5.32 Å². The Morgan fingerprint density at radius 3 is 2.40 bits per heavy atom. The third kappa shape index (κ3) is 2.69. The third-order valence-corrected chi connectivity index (χ3v) is 4.11. The van der Waals surface area contributed by atoms with Crippen molar-refractivity contribution in [3.8, 4) is 0 Å². The van der Waals surface area contributed by atoms with Crippen molar-refractivity contribution in [1.29, 1.82) is 0 Å². The molecule has 0 saturated heterocycles. The van der Waals surface area contributed by atoms with Crippen molar-refractivity contribution in [2.45, 2.75) is 32.7 Å². The van der Waals surface area contributed by atoms with Crippen LogP contribution in [0.15, 0.2) is 42.5 Å². The molecule has 2 aromatic rings. The van der Waals surface area contributed by atoms with Crippen molar-refractivity contribution in [3.63, 3.8) is 0 Å². The normalized spacial score (nSPS) is 15.9. The standard InChI is InChI=1S/C18H20FN/c1-12-6-8-14(9-7-12)18(15-10-11-15)20-17-5-3-4-16(19)13(17)2/h3-9,15,18,20H,10-11H2,1-2H3. The molecule has 0 bridgehead atoms. The Hall–Kier alpha value is -1.83. The van der Waals surface area contributed by atoms with E-state index >= 15 is 0 Å². The van der Waals surface area contributed by atoms with Gasteiger partial charge in [-0.3, -0.25) is 0 Å². The molecular formula is C18H20FN. The van der Waals surface area contributed by atoms with Crippen LogP contribution in [0.25, 0.3) is 0 Å². The Balaban J connectivity index is 1.88. The fourth-order valence-electron chi connectivity index (χ4n) is 2.61. The number of rotatable bonds is 4. The van der Waals surface area contributed by atoms with E-state index in [1.807, 2.05) is 13.0 Å². The molecule has 1 N–H and O–H groups in total. The fourth-order valence-corrected chi connectivity index (χ4v) is 2.61. The Bertz CT molecular complexity index is 599. The average Bonchev–Trinajstić information content (AvgIpc) is 3.26. The van der Waals surface area contributed by atoms with Crippen LogP contribution in [0, 0.1) is 25.6 Å². The molecule has 1 aliphatic rings. The topological polar surface area (TPSA) is 12.0 Å². The highest BCUT2D eigenvalue weighted by Gasteiger charge is 2.32. The van der Waals surface area contributed by atoms with Crippen LogP contribution in [-0.4, -0.2) is 0 Å². The molecule has 3 rings (SSSR count). The largest absolute Gasteiger partial charge is 0.378 e. The lowest BCUT2D eigenvalue weighted by molar-refractivity contribution is 0.616. The number of benzene rings is 2. The van der Waals surface area contributed by atoms with Gasteiger partial charge in [0.1, 0.15) is 5.82 Å². The van der Waals surface area contributed by atoms with E-state index in [1.165, 1.54) is 30.0 Å². The Kier molecular flexibility index (Phi) is 3.47. The molecule has 1 atom stereocenters. The summed E-state index contributed by atoms with van der Waals surface area (Å²) in [4.78, 5) is 0. The summed E-state index contributed by atoms with van der Waals surface area (Å²) in [7, 11) is 0. The van der Waals surface area contributed by atoms with Gasteiger partial charge in [0.25, 0.3) is 0 Å². The summed E-state index contributed by atoms with van der Waals surface area (Å²) < 4.78 is 13.7. The minimum Gasteiger partial charge on any atom is -0.378 e. The summed E-state index contributed by atoms with van der Waals surface area (Å²) >= 11 is 0. The molecule has 0 radical (unpaired) electrons. The molecule has 1 saturated carbocycles. The molecule has 104 valence electrons. The molecule has 20 heavy (non-hydrogen) atoms. The second kappa shape index (κ2) is 5.28. The zero-order valence-corrected chi connectivity index (χ0v) is 12.0. The molecule has 0 amide bonds. The zero-order chi connectivity index (χ0) is 14.1. The highest BCUT2D eigenvalue weighted by Crippen LogP contribution is 2.43. The van der Waals surface area contributed by atoms with E-state index in [9.17, 15) is 4.39 Å². The first kappa shape index (κ1) is 13.2. The van der Waals surface area contributed by atoms with Gasteiger partial charge in [0, 0.05) is 11.3 Å². The molecule has 0 aliphatic heterocycles. The van der Waals surface area contributed by atoms with Gasteiger partial charge >= 0.3 is 0 Å². The summed E-state index contributed by atoms with van der Waals surface area (Å²) in [6.45, 7) is 3.93. The number of anilines is 1. The number of nitrogens with one attached hydrogen (secondary N) is 1. The van der Waals surface area contributed by atoms with E-state index < -0.39 is 0 Å². The summed E-state index contributed by atoms with van der Waals surface area (Å²) in [6, 6.07) is 14.2. The lowest BCUT2D eigenvalue weighted by atomic mass is 10.00. The monoisotopic (exact) mass is 269 g/mol. The fraction of sp³-hybridized carbons (Fsp3) is 0.333. The Morgan fingerprint density at radius 2 is 1.75 bits per heavy atom. The maximum absolute atomic E-state index is 13.7. The molecule has 1 nitrogen and oxygen atoms in total. The molecule has 2 aromatic carbocycles. The summed E-state index contributed by atoms with van der Waals surface area (Å²) in [5.74, 6) is 0.522. The van der Waals surface area contributed by atoms with Crippen molar-refractivity contribution in [3.05, 3.63) is 65.0 Å². The second-order valence-corrected chi connectivity index (χ2v) is 5.78. The highest BCUT2D eigenvalue weighted by molar-refractivity contribution is 5.53. The summed E-state index contributed by atoms with van der Waals surface area (Å²) in [5.41, 5.74) is 4.17. The SMILES string of the molecule is Cc1ccc(C(Nc2cccc(F)c2C)C2CC2)cc1. The van der Waals surface area contributed by atoms with E-state index in [0.29, 0.717) is 11.5 Å². The minimum atomic E-state index is -0.145. The molecule has 1 fully saturated rings. The molecule has 2 heteroatoms. The third-order valence-electron chi connectivity index (χ3n) is 4.11. The molecule has 0 aromatic heterocycles. The molecule has 0 heterocycles. The number of halogens is 1. The lowest BCUT2D eigenvalue weighted by Crippen LogP contribution is -2.14. The van der Waals surface area contributed by atoms with Gasteiger partial charge in [-0.25, -0.2) is 4.39 Å². The van der Waals surface area contributed by atoms with Crippen molar-refractivity contribution < 1.29 is 4.39 Å². The van der Waals surface area contributed by atoms with Crippen molar-refractivity contribution in [2.75, 3.05) is 5.32 Å². The van der Waals surface area contributed by atoms with Crippen LogP contribution in [-0.2, 0) is 0 Å². The van der Waals surface area contributed by atoms with E-state index in [2.05, 4.69) is 36.5 Å². The number of aryl methyl sites for hydroxylation is 1. The maximum atomic E-state index is 13.7. The summed E-state index contributed by atoms with van der Waals surface area (Å²) in [6.07, 6.45) is 2.50. The van der Waals surface area contributed by atoms with Gasteiger partial charge in [0.05, 0.1) is 6.04 Å². The molecule has 0 spiro atoms. The van der Waals surface area contributed by atoms with Crippen molar-refractivity contribution in [2.24, 2.45) is 5.92 Å². The molecule has 1 aliphatic carbocycles. The Labute approximate surface area is 119 Å². The predicted octanol–water partition coefficient (Wildman–Crippen LogP) is 5.01. The first-order valence-electron chi connectivity index (χ1n) is 7.23. The predicted molar refractivity (Wildman–Crippen MR) is 81.4 cm³/mol. The zero-order valence-electron chi connectivity index (χ0n) is 12.0. The van der Waals surface area contributed by atoms with Crippen LogP contribution in [0.1, 0.15) is 35.6 Å². The van der Waals surface area contributed by atoms with Crippen molar-refractivity contribution in [1.82, 2.24) is 0 Å². The van der Waals surface area contributed by atoms with Crippen LogP contribution in [0.4, 0.5) is 10.1 Å². The van der Waals surface area contributed by atoms with Crippen LogP contribution in [0.2, 0.25) is 0 Å². The van der Waals surface area contributed by atoms with Gasteiger partial charge in [-0.05, 0) is 50.3 Å². The van der Waals surface area contributed by atoms with E-state index in [4.69, 9.17) is 0 Å². The van der Waals surface area contributed by atoms with E-state index in [0.717, 1.165) is 5.69 Å². The van der Waals surface area contributed by atoms with Crippen LogP contribution >= 0.6 is 0 Å². The number of hydrogen-bond donors (Lipinski definition) is 1. The van der Waals surface area contributed by atoms with Gasteiger partial charge in [-0.1, -0.05) is 35.9 Å². The smallest absolute Gasteiger partial charge is 0.128 e. The van der Waals surface area contributed by atoms with E-state index in [1.54, 1.807) is 6.07 Å². The highest BCUT2D eigenvalue weighted by atomic mass is 19.1. The maximum Gasteiger partial charge on any atom is 0.128 e. The minimum absolute atomic E-state index is 0.145. The first-order valence-corrected chi connectivity index (χ1v) is 7.23. The van der Waals surface area contributed by atoms with Gasteiger partial charge in [0.15, 0.2) is 0 Å². The Morgan fingerprint density at radius 1 is 1.05 bits per heavy atom. The molecular weight excluding hydrogens is 249 g/mol. The van der Waals surface area contributed by atoms with E-state index in [-0.39, 0.29) is 11.9 Å². The average molecular weight is 269 g/mol. The lowest BCUT2D eigenvalue weighted by Gasteiger charge is -2.22. The second-order valence-electron chi connectivity index (χ2n) is 5.78. The van der Waals surface area contributed by atoms with Crippen LogP contribution < -0.4 is 5.32 Å². The van der Waals surface area contributed by atoms with Crippen LogP contribution in [0.5, 0.6) is 0 Å². The van der Waals surface area contributed by atoms with Gasteiger partial charge in [0.2, 0.25) is 0 Å². The summed E-state index contributed by atoms with van der Waals surface area (Å²) in [5, 5.41) is 3.55. The van der Waals surface area contributed by atoms with Crippen molar-refractivity contribution >= 4 is 5.69 Å². The van der Waals surface area contributed by atoms with Gasteiger partial charge in [-0.2, -0.15) is 0 Å². The number of hydrogen-bond acceptors (Lipinski definition) is 1. The quantitative estimate of drug-likeness (QED) is 0.823. The first-order chi connectivity index (χ1) is 9.65. The van der Waals surface area contributed by atoms with Crippen LogP contribution in [0.3, 0.4) is 0 Å². The molecule has 1 unspecified atom stereocenters. The van der Waals surface area contributed by atoms with Gasteiger partial charge in [-0.15, -0.1) is 0 Å².